The van der Waals surface area contributed by atoms with Crippen molar-refractivity contribution in [3.8, 4) is 17.0 Å². The Morgan fingerprint density at radius 1 is 1.11 bits per heavy atom. The fourth-order valence-corrected chi connectivity index (χ4v) is 3.81. The Morgan fingerprint density at radius 3 is 2.41 bits per heavy atom. The molecule has 4 nitrogen and oxygen atoms in total. The Kier molecular flexibility index (Phi) is 7.84. The zero-order chi connectivity index (χ0) is 19.9. The summed E-state index contributed by atoms with van der Waals surface area (Å²) in [6, 6.07) is 8.15. The minimum absolute atomic E-state index is 0.105. The number of benzene rings is 1. The first-order valence-corrected chi connectivity index (χ1v) is 10.5. The molecule has 0 fully saturated rings. The topological polar surface area (TPSA) is 48.4 Å². The first-order valence-electron chi connectivity index (χ1n) is 9.68. The number of carbonyl (C=O) groups excluding carboxylic acids is 1. The van der Waals surface area contributed by atoms with Gasteiger partial charge in [0.15, 0.2) is 0 Å². The number of esters is 1. The molecule has 2 aromatic rings. The third-order valence-electron chi connectivity index (χ3n) is 4.57. The van der Waals surface area contributed by atoms with E-state index in [0.717, 1.165) is 47.7 Å². The SMILES string of the molecule is CCOC(=O)C(C)(C)CCCCCOc1ccc(-c2nc(C)sc2C)cc1. The summed E-state index contributed by atoms with van der Waals surface area (Å²) in [6.07, 6.45) is 3.85. The number of thiazole rings is 1. The highest BCUT2D eigenvalue weighted by atomic mass is 32.1. The molecule has 5 heteroatoms. The third kappa shape index (κ3) is 6.35. The normalized spacial score (nSPS) is 11.4. The molecule has 0 N–H and O–H groups in total. The van der Waals surface area contributed by atoms with Gasteiger partial charge in [-0.2, -0.15) is 0 Å². The summed E-state index contributed by atoms with van der Waals surface area (Å²) in [6.45, 7) is 11.0. The Labute approximate surface area is 166 Å². The van der Waals surface area contributed by atoms with Crippen LogP contribution in [0.5, 0.6) is 5.75 Å². The maximum Gasteiger partial charge on any atom is 0.311 e. The minimum atomic E-state index is -0.404. The molecule has 1 aromatic carbocycles. The van der Waals surface area contributed by atoms with Crippen LogP contribution < -0.4 is 4.74 Å². The van der Waals surface area contributed by atoms with E-state index < -0.39 is 5.41 Å². The molecule has 0 radical (unpaired) electrons. The van der Waals surface area contributed by atoms with Crippen molar-refractivity contribution in [2.75, 3.05) is 13.2 Å². The third-order valence-corrected chi connectivity index (χ3v) is 5.46. The number of hydrogen-bond donors (Lipinski definition) is 0. The van der Waals surface area contributed by atoms with E-state index in [1.807, 2.05) is 39.8 Å². The van der Waals surface area contributed by atoms with Crippen molar-refractivity contribution in [2.24, 2.45) is 5.41 Å². The minimum Gasteiger partial charge on any atom is -0.494 e. The first-order chi connectivity index (χ1) is 12.8. The molecule has 0 spiro atoms. The van der Waals surface area contributed by atoms with Gasteiger partial charge in [-0.1, -0.05) is 12.8 Å². The second kappa shape index (κ2) is 9.88. The van der Waals surface area contributed by atoms with E-state index in [2.05, 4.69) is 24.0 Å². The van der Waals surface area contributed by atoms with Crippen molar-refractivity contribution < 1.29 is 14.3 Å². The summed E-state index contributed by atoms with van der Waals surface area (Å²) in [5, 5.41) is 1.09. The summed E-state index contributed by atoms with van der Waals surface area (Å²) in [4.78, 5) is 17.7. The smallest absolute Gasteiger partial charge is 0.311 e. The van der Waals surface area contributed by atoms with E-state index in [4.69, 9.17) is 9.47 Å². The van der Waals surface area contributed by atoms with Crippen molar-refractivity contribution in [1.29, 1.82) is 0 Å². The van der Waals surface area contributed by atoms with E-state index in [0.29, 0.717) is 13.2 Å². The van der Waals surface area contributed by atoms with E-state index in [-0.39, 0.29) is 5.97 Å². The zero-order valence-electron chi connectivity index (χ0n) is 17.1. The summed E-state index contributed by atoms with van der Waals surface area (Å²) in [5.74, 6) is 0.780. The number of nitrogens with zero attached hydrogens (tertiary/aromatic N) is 1. The molecule has 0 amide bonds. The number of rotatable bonds is 10. The summed E-state index contributed by atoms with van der Waals surface area (Å²) in [7, 11) is 0. The van der Waals surface area contributed by atoms with Crippen molar-refractivity contribution >= 4 is 17.3 Å². The van der Waals surface area contributed by atoms with Crippen LogP contribution in [0.4, 0.5) is 0 Å². The number of unbranched alkanes of at least 4 members (excludes halogenated alkanes) is 2. The number of hydrogen-bond acceptors (Lipinski definition) is 5. The molecule has 2 rings (SSSR count). The molecular formula is C22H31NO3S. The highest BCUT2D eigenvalue weighted by Crippen LogP contribution is 2.29. The van der Waals surface area contributed by atoms with Crippen molar-refractivity contribution in [3.63, 3.8) is 0 Å². The van der Waals surface area contributed by atoms with Crippen LogP contribution in [0.2, 0.25) is 0 Å². The molecular weight excluding hydrogens is 358 g/mol. The fourth-order valence-electron chi connectivity index (χ4n) is 2.97. The van der Waals surface area contributed by atoms with Crippen LogP contribution >= 0.6 is 11.3 Å². The predicted molar refractivity (Wildman–Crippen MR) is 111 cm³/mol. The van der Waals surface area contributed by atoms with Gasteiger partial charge in [-0.25, -0.2) is 4.98 Å². The monoisotopic (exact) mass is 389 g/mol. The quantitative estimate of drug-likeness (QED) is 0.372. The van der Waals surface area contributed by atoms with Crippen molar-refractivity contribution in [1.82, 2.24) is 4.98 Å². The molecule has 148 valence electrons. The van der Waals surface area contributed by atoms with Crippen LogP contribution in [-0.2, 0) is 9.53 Å². The van der Waals surface area contributed by atoms with Crippen LogP contribution in [0.25, 0.3) is 11.3 Å². The molecule has 0 saturated carbocycles. The lowest BCUT2D eigenvalue weighted by atomic mass is 9.87. The summed E-state index contributed by atoms with van der Waals surface area (Å²) in [5.41, 5.74) is 1.79. The van der Waals surface area contributed by atoms with Crippen LogP contribution in [0.3, 0.4) is 0 Å². The highest BCUT2D eigenvalue weighted by Gasteiger charge is 2.28. The Balaban J connectivity index is 1.70. The highest BCUT2D eigenvalue weighted by molar-refractivity contribution is 7.11. The zero-order valence-corrected chi connectivity index (χ0v) is 17.9. The summed E-state index contributed by atoms with van der Waals surface area (Å²) >= 11 is 1.72. The maximum atomic E-state index is 11.9. The van der Waals surface area contributed by atoms with E-state index >= 15 is 0 Å². The number of ether oxygens (including phenoxy) is 2. The second-order valence-electron chi connectivity index (χ2n) is 7.43. The Hall–Kier alpha value is -1.88. The van der Waals surface area contributed by atoms with Gasteiger partial charge in [0.2, 0.25) is 0 Å². The van der Waals surface area contributed by atoms with Crippen molar-refractivity contribution in [2.45, 2.75) is 60.3 Å². The molecule has 0 unspecified atom stereocenters. The Morgan fingerprint density at radius 2 is 1.81 bits per heavy atom. The van der Waals surface area contributed by atoms with Gasteiger partial charge >= 0.3 is 5.97 Å². The van der Waals surface area contributed by atoms with Crippen LogP contribution in [0, 0.1) is 19.3 Å². The molecule has 0 aliphatic rings. The molecule has 1 heterocycles. The van der Waals surface area contributed by atoms with Gasteiger partial charge in [0, 0.05) is 10.4 Å². The van der Waals surface area contributed by atoms with Gasteiger partial charge in [0.1, 0.15) is 5.75 Å². The average molecular weight is 390 g/mol. The number of aryl methyl sites for hydroxylation is 2. The van der Waals surface area contributed by atoms with Crippen LogP contribution in [0.1, 0.15) is 56.3 Å². The summed E-state index contributed by atoms with van der Waals surface area (Å²) < 4.78 is 11.0. The number of carbonyl (C=O) groups is 1. The van der Waals surface area contributed by atoms with Crippen molar-refractivity contribution in [3.05, 3.63) is 34.2 Å². The molecule has 0 aliphatic heterocycles. The first kappa shape index (κ1) is 21.4. The van der Waals surface area contributed by atoms with Gasteiger partial charge in [0.25, 0.3) is 0 Å². The molecule has 0 bridgehead atoms. The Bertz CT molecular complexity index is 735. The molecule has 0 atom stereocenters. The van der Waals surface area contributed by atoms with E-state index in [9.17, 15) is 4.79 Å². The lowest BCUT2D eigenvalue weighted by molar-refractivity contribution is -0.153. The van der Waals surface area contributed by atoms with Crippen LogP contribution in [0.15, 0.2) is 24.3 Å². The largest absolute Gasteiger partial charge is 0.494 e. The van der Waals surface area contributed by atoms with Crippen LogP contribution in [-0.4, -0.2) is 24.2 Å². The molecule has 1 aromatic heterocycles. The van der Waals surface area contributed by atoms with E-state index in [1.54, 1.807) is 11.3 Å². The predicted octanol–water partition coefficient (Wildman–Crippen LogP) is 5.96. The second-order valence-corrected chi connectivity index (χ2v) is 8.83. The lowest BCUT2D eigenvalue weighted by Gasteiger charge is -2.21. The van der Waals surface area contributed by atoms with Gasteiger partial charge in [-0.3, -0.25) is 4.79 Å². The average Bonchev–Trinajstić information content (AvgIpc) is 2.97. The fraction of sp³-hybridized carbons (Fsp3) is 0.545. The van der Waals surface area contributed by atoms with E-state index in [1.165, 1.54) is 4.88 Å². The van der Waals surface area contributed by atoms with Gasteiger partial charge in [0.05, 0.1) is 29.3 Å². The standard InChI is InChI=1S/C22H31NO3S/c1-6-25-21(24)22(4,5)14-8-7-9-15-26-19-12-10-18(11-13-19)20-16(2)27-17(3)23-20/h10-13H,6-9,14-15H2,1-5H3. The maximum absolute atomic E-state index is 11.9. The molecule has 0 saturated heterocycles. The van der Waals surface area contributed by atoms with Gasteiger partial charge < -0.3 is 9.47 Å². The molecule has 27 heavy (non-hydrogen) atoms. The lowest BCUT2D eigenvalue weighted by Crippen LogP contribution is -2.26. The molecule has 0 aliphatic carbocycles. The van der Waals surface area contributed by atoms with Gasteiger partial charge in [-0.15, -0.1) is 11.3 Å². The van der Waals surface area contributed by atoms with Gasteiger partial charge in [-0.05, 0) is 71.7 Å². The number of aromatic nitrogens is 1.